The van der Waals surface area contributed by atoms with Crippen molar-refractivity contribution >= 4 is 27.6 Å². The van der Waals surface area contributed by atoms with Gasteiger partial charge < -0.3 is 10.3 Å². The Hall–Kier alpha value is -4.59. The summed E-state index contributed by atoms with van der Waals surface area (Å²) in [4.78, 5) is 21.2. The molecule has 0 saturated carbocycles. The van der Waals surface area contributed by atoms with Gasteiger partial charge in [0, 0.05) is 58.9 Å². The van der Waals surface area contributed by atoms with E-state index in [0.29, 0.717) is 6.04 Å². The normalized spacial score (nSPS) is 11.5. The Morgan fingerprint density at radius 2 is 1.76 bits per heavy atom. The summed E-state index contributed by atoms with van der Waals surface area (Å²) >= 11 is 0. The molecule has 0 bridgehead atoms. The molecule has 0 aliphatic heterocycles. The fourth-order valence-corrected chi connectivity index (χ4v) is 4.20. The highest BCUT2D eigenvalue weighted by Gasteiger charge is 2.15. The lowest BCUT2D eigenvalue weighted by molar-refractivity contribution is 0.898. The average molecular weight is 447 g/mol. The van der Waals surface area contributed by atoms with E-state index in [2.05, 4.69) is 66.4 Å². The van der Waals surface area contributed by atoms with E-state index in [0.717, 1.165) is 61.4 Å². The highest BCUT2D eigenvalue weighted by Crippen LogP contribution is 2.34. The summed E-state index contributed by atoms with van der Waals surface area (Å²) in [5.41, 5.74) is 8.22. The topological polar surface area (TPSA) is 108 Å². The third-order valence-corrected chi connectivity index (χ3v) is 5.70. The highest BCUT2D eigenvalue weighted by molar-refractivity contribution is 6.00. The third-order valence-electron chi connectivity index (χ3n) is 5.70. The molecule has 0 saturated heterocycles. The van der Waals surface area contributed by atoms with Crippen molar-refractivity contribution in [2.24, 2.45) is 0 Å². The zero-order valence-electron chi connectivity index (χ0n) is 18.7. The molecule has 0 aromatic carbocycles. The van der Waals surface area contributed by atoms with E-state index in [1.54, 1.807) is 12.4 Å². The molecule has 0 atom stereocenters. The largest absolute Gasteiger partial charge is 0.382 e. The zero-order valence-corrected chi connectivity index (χ0v) is 18.7. The molecular weight excluding hydrogens is 424 g/mol. The van der Waals surface area contributed by atoms with Crippen LogP contribution in [0.2, 0.25) is 0 Å². The predicted molar refractivity (Wildman–Crippen MR) is 134 cm³/mol. The van der Waals surface area contributed by atoms with Gasteiger partial charge in [0.05, 0.1) is 28.8 Å². The van der Waals surface area contributed by atoms with Gasteiger partial charge in [0.25, 0.3) is 0 Å². The van der Waals surface area contributed by atoms with E-state index < -0.39 is 0 Å². The molecule has 0 fully saturated rings. The van der Waals surface area contributed by atoms with Crippen molar-refractivity contribution in [3.8, 4) is 33.8 Å². The molecule has 0 aliphatic rings. The Labute approximate surface area is 195 Å². The van der Waals surface area contributed by atoms with Crippen molar-refractivity contribution in [3.63, 3.8) is 0 Å². The third kappa shape index (κ3) is 3.55. The molecule has 8 nitrogen and oxygen atoms in total. The Morgan fingerprint density at radius 1 is 0.853 bits per heavy atom. The number of nitrogens with one attached hydrogen (secondary N) is 3. The number of aromatic amines is 2. The van der Waals surface area contributed by atoms with E-state index in [1.807, 2.05) is 49.1 Å². The number of anilines is 1. The zero-order chi connectivity index (χ0) is 23.1. The summed E-state index contributed by atoms with van der Waals surface area (Å²) < 4.78 is 0. The minimum atomic E-state index is 0.320. The van der Waals surface area contributed by atoms with Gasteiger partial charge in [-0.1, -0.05) is 6.07 Å². The SMILES string of the molecule is CC(C)Nc1cncc(-c2cc3c(-c4cc5c(-c6cccnc6)ccnc5[nH]4)n[nH]c3cn2)c1. The highest BCUT2D eigenvalue weighted by atomic mass is 15.1. The van der Waals surface area contributed by atoms with Gasteiger partial charge in [-0.2, -0.15) is 5.10 Å². The first-order valence-corrected chi connectivity index (χ1v) is 11.1. The van der Waals surface area contributed by atoms with Crippen LogP contribution in [-0.2, 0) is 0 Å². The first kappa shape index (κ1) is 20.0. The summed E-state index contributed by atoms with van der Waals surface area (Å²) in [7, 11) is 0. The van der Waals surface area contributed by atoms with Crippen molar-refractivity contribution in [2.45, 2.75) is 19.9 Å². The van der Waals surface area contributed by atoms with Gasteiger partial charge in [-0.05, 0) is 49.7 Å². The van der Waals surface area contributed by atoms with E-state index in [-0.39, 0.29) is 0 Å². The van der Waals surface area contributed by atoms with Gasteiger partial charge in [-0.25, -0.2) is 4.98 Å². The summed E-state index contributed by atoms with van der Waals surface area (Å²) in [6, 6.07) is 12.5. The monoisotopic (exact) mass is 446 g/mol. The fraction of sp³-hybridized carbons (Fsp3) is 0.115. The molecule has 6 aromatic rings. The first-order chi connectivity index (χ1) is 16.7. The predicted octanol–water partition coefficient (Wildman–Crippen LogP) is 5.45. The van der Waals surface area contributed by atoms with Gasteiger partial charge in [-0.15, -0.1) is 0 Å². The van der Waals surface area contributed by atoms with Crippen LogP contribution in [0.15, 0.2) is 73.6 Å². The smallest absolute Gasteiger partial charge is 0.138 e. The van der Waals surface area contributed by atoms with Gasteiger partial charge >= 0.3 is 0 Å². The maximum Gasteiger partial charge on any atom is 0.138 e. The maximum absolute atomic E-state index is 4.63. The minimum Gasteiger partial charge on any atom is -0.382 e. The van der Waals surface area contributed by atoms with Crippen LogP contribution in [0.25, 0.3) is 55.7 Å². The van der Waals surface area contributed by atoms with Crippen LogP contribution in [0.3, 0.4) is 0 Å². The lowest BCUT2D eigenvalue weighted by atomic mass is 10.1. The molecule has 6 rings (SSSR count). The number of fused-ring (bicyclic) bond motifs is 2. The lowest BCUT2D eigenvalue weighted by Crippen LogP contribution is -2.09. The number of H-pyrrole nitrogens is 2. The van der Waals surface area contributed by atoms with Crippen LogP contribution in [-0.4, -0.2) is 41.2 Å². The van der Waals surface area contributed by atoms with E-state index in [9.17, 15) is 0 Å². The Morgan fingerprint density at radius 3 is 2.62 bits per heavy atom. The summed E-state index contributed by atoms with van der Waals surface area (Å²) in [5, 5.41) is 13.1. The Bertz CT molecular complexity index is 1610. The van der Waals surface area contributed by atoms with Gasteiger partial charge in [0.15, 0.2) is 0 Å². The Balaban J connectivity index is 1.45. The van der Waals surface area contributed by atoms with Crippen LogP contribution in [0.1, 0.15) is 13.8 Å². The first-order valence-electron chi connectivity index (χ1n) is 11.1. The number of pyridine rings is 4. The molecule has 34 heavy (non-hydrogen) atoms. The van der Waals surface area contributed by atoms with Crippen LogP contribution < -0.4 is 5.32 Å². The molecule has 0 radical (unpaired) electrons. The molecule has 0 amide bonds. The molecular formula is C26H22N8. The number of nitrogens with zero attached hydrogens (tertiary/aromatic N) is 5. The van der Waals surface area contributed by atoms with E-state index in [1.165, 1.54) is 0 Å². The van der Waals surface area contributed by atoms with Gasteiger partial charge in [-0.3, -0.25) is 20.1 Å². The second kappa shape index (κ2) is 8.08. The van der Waals surface area contributed by atoms with Crippen molar-refractivity contribution in [1.29, 1.82) is 0 Å². The number of aromatic nitrogens is 7. The number of rotatable bonds is 5. The maximum atomic E-state index is 4.63. The van der Waals surface area contributed by atoms with E-state index >= 15 is 0 Å². The molecule has 3 N–H and O–H groups in total. The molecule has 0 unspecified atom stereocenters. The van der Waals surface area contributed by atoms with Crippen molar-refractivity contribution in [1.82, 2.24) is 35.1 Å². The van der Waals surface area contributed by atoms with Crippen molar-refractivity contribution < 1.29 is 0 Å². The second-order valence-corrected chi connectivity index (χ2v) is 8.49. The van der Waals surface area contributed by atoms with Crippen LogP contribution >= 0.6 is 0 Å². The van der Waals surface area contributed by atoms with Gasteiger partial charge in [0.2, 0.25) is 0 Å². The fourth-order valence-electron chi connectivity index (χ4n) is 4.20. The van der Waals surface area contributed by atoms with Crippen molar-refractivity contribution in [2.75, 3.05) is 5.32 Å². The van der Waals surface area contributed by atoms with Crippen molar-refractivity contribution in [3.05, 3.63) is 73.6 Å². The van der Waals surface area contributed by atoms with Crippen LogP contribution in [0.5, 0.6) is 0 Å². The Kier molecular flexibility index (Phi) is 4.76. The summed E-state index contributed by atoms with van der Waals surface area (Å²) in [5.74, 6) is 0. The van der Waals surface area contributed by atoms with E-state index in [4.69, 9.17) is 0 Å². The number of hydrogen-bond donors (Lipinski definition) is 3. The molecule has 6 heterocycles. The second-order valence-electron chi connectivity index (χ2n) is 8.49. The van der Waals surface area contributed by atoms with Gasteiger partial charge in [0.1, 0.15) is 11.3 Å². The molecule has 0 spiro atoms. The molecule has 0 aliphatic carbocycles. The standard InChI is InChI=1S/C26H22N8/c1-15(2)31-18-8-17(12-28-13-18)22-10-21-24(14-30-22)33-34-25(21)23-9-20-19(5-7-29-26(20)32-23)16-4-3-6-27-11-16/h3-15,31H,1-2H3,(H,29,32)(H,33,34). The molecule has 166 valence electrons. The van der Waals surface area contributed by atoms with Crippen LogP contribution in [0.4, 0.5) is 5.69 Å². The molecule has 8 heteroatoms. The summed E-state index contributed by atoms with van der Waals surface area (Å²) in [6.45, 7) is 4.20. The summed E-state index contributed by atoms with van der Waals surface area (Å²) in [6.07, 6.45) is 10.9. The number of hydrogen-bond acceptors (Lipinski definition) is 6. The minimum absolute atomic E-state index is 0.320. The molecule has 6 aromatic heterocycles. The quantitative estimate of drug-likeness (QED) is 0.325. The van der Waals surface area contributed by atoms with Crippen LogP contribution in [0, 0.1) is 0 Å². The lowest BCUT2D eigenvalue weighted by Gasteiger charge is -2.10. The average Bonchev–Trinajstić information content (AvgIpc) is 3.48.